The van der Waals surface area contributed by atoms with Crippen molar-refractivity contribution in [1.82, 2.24) is 9.97 Å². The van der Waals surface area contributed by atoms with Gasteiger partial charge in [-0.3, -0.25) is 0 Å². The predicted molar refractivity (Wildman–Crippen MR) is 63.6 cm³/mol. The number of ether oxygens (including phenoxy) is 1. The maximum absolute atomic E-state index is 5.31. The van der Waals surface area contributed by atoms with Crippen LogP contribution in [0.2, 0.25) is 0 Å². The van der Waals surface area contributed by atoms with Crippen molar-refractivity contribution in [2.75, 3.05) is 18.5 Å². The summed E-state index contributed by atoms with van der Waals surface area (Å²) in [5.41, 5.74) is 0. The van der Waals surface area contributed by atoms with E-state index in [2.05, 4.69) is 15.3 Å². The van der Waals surface area contributed by atoms with Crippen molar-refractivity contribution in [2.45, 2.75) is 32.6 Å². The Hall–Kier alpha value is -1.32. The van der Waals surface area contributed by atoms with Crippen molar-refractivity contribution in [3.8, 4) is 5.88 Å². The molecule has 0 bridgehead atoms. The Balaban J connectivity index is 1.71. The Morgan fingerprint density at radius 1 is 1.44 bits per heavy atom. The van der Waals surface area contributed by atoms with Gasteiger partial charge >= 0.3 is 0 Å². The molecule has 0 radical (unpaired) electrons. The first-order valence-electron chi connectivity index (χ1n) is 6.07. The summed E-state index contributed by atoms with van der Waals surface area (Å²) in [5, 5.41) is 3.30. The zero-order valence-corrected chi connectivity index (χ0v) is 9.78. The minimum atomic E-state index is 0.637. The van der Waals surface area contributed by atoms with Crippen LogP contribution >= 0.6 is 0 Å². The minimum absolute atomic E-state index is 0.637. The van der Waals surface area contributed by atoms with Gasteiger partial charge in [0.2, 0.25) is 5.88 Å². The van der Waals surface area contributed by atoms with Crippen LogP contribution in [0.25, 0.3) is 0 Å². The van der Waals surface area contributed by atoms with Crippen molar-refractivity contribution < 1.29 is 4.74 Å². The molecule has 0 aliphatic heterocycles. The van der Waals surface area contributed by atoms with Crippen LogP contribution in [0.4, 0.5) is 5.82 Å². The Bertz CT molecular complexity index is 326. The van der Waals surface area contributed by atoms with Gasteiger partial charge < -0.3 is 10.1 Å². The average Bonchev–Trinajstić information content (AvgIpc) is 3.09. The van der Waals surface area contributed by atoms with E-state index in [9.17, 15) is 0 Å². The summed E-state index contributed by atoms with van der Waals surface area (Å²) in [6, 6.07) is 1.85. The van der Waals surface area contributed by atoms with Crippen molar-refractivity contribution in [2.24, 2.45) is 5.92 Å². The molecule has 1 saturated carbocycles. The minimum Gasteiger partial charge on any atom is -0.478 e. The molecule has 1 heterocycles. The van der Waals surface area contributed by atoms with Gasteiger partial charge in [0.25, 0.3) is 0 Å². The fourth-order valence-corrected chi connectivity index (χ4v) is 1.68. The van der Waals surface area contributed by atoms with Crippen LogP contribution in [-0.2, 0) is 0 Å². The van der Waals surface area contributed by atoms with E-state index >= 15 is 0 Å². The highest BCUT2D eigenvalue weighted by atomic mass is 16.5. The van der Waals surface area contributed by atoms with E-state index in [0.29, 0.717) is 12.5 Å². The summed E-state index contributed by atoms with van der Waals surface area (Å²) in [6.45, 7) is 3.57. The second-order valence-corrected chi connectivity index (χ2v) is 4.19. The number of aromatic nitrogens is 2. The highest BCUT2D eigenvalue weighted by Gasteiger charge is 2.19. The lowest BCUT2D eigenvalue weighted by Crippen LogP contribution is -2.04. The number of hydrogen-bond donors (Lipinski definition) is 1. The summed E-state index contributed by atoms with van der Waals surface area (Å²) < 4.78 is 5.31. The number of nitrogens with zero attached hydrogens (tertiary/aromatic N) is 2. The quantitative estimate of drug-likeness (QED) is 0.718. The first-order chi connectivity index (χ1) is 7.88. The van der Waals surface area contributed by atoms with Gasteiger partial charge in [-0.1, -0.05) is 12.8 Å². The lowest BCUT2D eigenvalue weighted by molar-refractivity contribution is 0.326. The van der Waals surface area contributed by atoms with Gasteiger partial charge in [-0.05, 0) is 25.7 Å². The molecule has 0 spiro atoms. The zero-order valence-electron chi connectivity index (χ0n) is 9.78. The molecule has 4 heteroatoms. The van der Waals surface area contributed by atoms with Crippen LogP contribution in [0.1, 0.15) is 32.6 Å². The smallest absolute Gasteiger partial charge is 0.218 e. The molecule has 1 fully saturated rings. The normalized spacial score (nSPS) is 14.8. The molecular formula is C12H19N3O. The Labute approximate surface area is 96.4 Å². The largest absolute Gasteiger partial charge is 0.478 e. The van der Waals surface area contributed by atoms with Crippen molar-refractivity contribution in [3.05, 3.63) is 12.4 Å². The lowest BCUT2D eigenvalue weighted by atomic mass is 10.2. The standard InChI is InChI=1S/C12H19N3O/c1-2-16-12-8-11(14-9-15-12)13-7-3-4-10-5-6-10/h8-10H,2-7H2,1H3,(H,13,14,15). The molecule has 1 aliphatic carbocycles. The van der Waals surface area contributed by atoms with Gasteiger partial charge in [-0.15, -0.1) is 0 Å². The third kappa shape index (κ3) is 3.68. The fraction of sp³-hybridized carbons (Fsp3) is 0.667. The average molecular weight is 221 g/mol. The van der Waals surface area contributed by atoms with E-state index in [-0.39, 0.29) is 0 Å². The van der Waals surface area contributed by atoms with E-state index in [1.807, 2.05) is 13.0 Å². The van der Waals surface area contributed by atoms with Crippen LogP contribution in [0.5, 0.6) is 5.88 Å². The molecule has 1 aliphatic rings. The molecule has 0 amide bonds. The maximum atomic E-state index is 5.31. The Morgan fingerprint density at radius 2 is 2.31 bits per heavy atom. The predicted octanol–water partition coefficient (Wildman–Crippen LogP) is 2.48. The molecule has 0 saturated heterocycles. The molecule has 1 aromatic heterocycles. The summed E-state index contributed by atoms with van der Waals surface area (Å²) in [6.07, 6.45) is 6.97. The lowest BCUT2D eigenvalue weighted by Gasteiger charge is -2.06. The highest BCUT2D eigenvalue weighted by molar-refractivity contribution is 5.36. The van der Waals surface area contributed by atoms with E-state index in [1.54, 1.807) is 0 Å². The topological polar surface area (TPSA) is 47.0 Å². The molecule has 1 N–H and O–H groups in total. The highest BCUT2D eigenvalue weighted by Crippen LogP contribution is 2.33. The molecule has 88 valence electrons. The molecule has 4 nitrogen and oxygen atoms in total. The van der Waals surface area contributed by atoms with E-state index in [0.717, 1.165) is 18.3 Å². The van der Waals surface area contributed by atoms with Gasteiger partial charge in [0.05, 0.1) is 6.61 Å². The van der Waals surface area contributed by atoms with Gasteiger partial charge in [-0.2, -0.15) is 0 Å². The molecule has 2 rings (SSSR count). The van der Waals surface area contributed by atoms with Crippen molar-refractivity contribution >= 4 is 5.82 Å². The monoisotopic (exact) mass is 221 g/mol. The molecule has 0 unspecified atom stereocenters. The second kappa shape index (κ2) is 5.68. The zero-order chi connectivity index (χ0) is 11.2. The number of anilines is 1. The second-order valence-electron chi connectivity index (χ2n) is 4.19. The molecule has 16 heavy (non-hydrogen) atoms. The molecule has 0 aromatic carbocycles. The van der Waals surface area contributed by atoms with E-state index in [1.165, 1.54) is 32.0 Å². The van der Waals surface area contributed by atoms with Gasteiger partial charge in [-0.25, -0.2) is 9.97 Å². The molecule has 1 aromatic rings. The third-order valence-electron chi connectivity index (χ3n) is 2.73. The van der Waals surface area contributed by atoms with Crippen molar-refractivity contribution in [1.29, 1.82) is 0 Å². The number of nitrogens with one attached hydrogen (secondary N) is 1. The van der Waals surface area contributed by atoms with Crippen molar-refractivity contribution in [3.63, 3.8) is 0 Å². The van der Waals surface area contributed by atoms with Gasteiger partial charge in [0.15, 0.2) is 0 Å². The summed E-state index contributed by atoms with van der Waals surface area (Å²) in [4.78, 5) is 8.17. The summed E-state index contributed by atoms with van der Waals surface area (Å²) in [5.74, 6) is 2.50. The van der Waals surface area contributed by atoms with E-state index < -0.39 is 0 Å². The first-order valence-corrected chi connectivity index (χ1v) is 6.07. The number of hydrogen-bond acceptors (Lipinski definition) is 4. The number of rotatable bonds is 7. The first kappa shape index (κ1) is 11.2. The van der Waals surface area contributed by atoms with E-state index in [4.69, 9.17) is 4.74 Å². The maximum Gasteiger partial charge on any atom is 0.218 e. The Morgan fingerprint density at radius 3 is 3.06 bits per heavy atom. The van der Waals surface area contributed by atoms with Crippen LogP contribution in [0.3, 0.4) is 0 Å². The van der Waals surface area contributed by atoms with Gasteiger partial charge in [0.1, 0.15) is 12.1 Å². The van der Waals surface area contributed by atoms with Crippen LogP contribution in [-0.4, -0.2) is 23.1 Å². The third-order valence-corrected chi connectivity index (χ3v) is 2.73. The van der Waals surface area contributed by atoms with Gasteiger partial charge in [0, 0.05) is 12.6 Å². The molecular weight excluding hydrogens is 202 g/mol. The van der Waals surface area contributed by atoms with Crippen LogP contribution in [0.15, 0.2) is 12.4 Å². The summed E-state index contributed by atoms with van der Waals surface area (Å²) >= 11 is 0. The fourth-order valence-electron chi connectivity index (χ4n) is 1.68. The van der Waals surface area contributed by atoms with Crippen LogP contribution < -0.4 is 10.1 Å². The summed E-state index contributed by atoms with van der Waals surface area (Å²) in [7, 11) is 0. The molecule has 0 atom stereocenters. The SMILES string of the molecule is CCOc1cc(NCCCC2CC2)ncn1. The Kier molecular flexibility index (Phi) is 3.97. The van der Waals surface area contributed by atoms with Crippen LogP contribution in [0, 0.1) is 5.92 Å².